The standard InChI is InChI=1S/C15H16N4O2/c20-13-6-7-16-9-12(13)18-15(21)11-8-17-19-14(11)10-4-2-1-3-5-10/h1-7,9,11,14,17,19H,8H2,(H,16,20)(H,18,21). The highest BCUT2D eigenvalue weighted by Gasteiger charge is 2.34. The molecule has 1 amide bonds. The Bertz CT molecular complexity index is 683. The lowest BCUT2D eigenvalue weighted by molar-refractivity contribution is -0.119. The fraction of sp³-hybridized carbons (Fsp3) is 0.200. The maximum absolute atomic E-state index is 12.4. The molecule has 2 heterocycles. The number of aromatic nitrogens is 1. The zero-order chi connectivity index (χ0) is 14.7. The van der Waals surface area contributed by atoms with E-state index in [1.807, 2.05) is 30.3 Å². The van der Waals surface area contributed by atoms with Crippen LogP contribution in [0.25, 0.3) is 0 Å². The smallest absolute Gasteiger partial charge is 0.230 e. The summed E-state index contributed by atoms with van der Waals surface area (Å²) >= 11 is 0. The summed E-state index contributed by atoms with van der Waals surface area (Å²) in [5, 5.41) is 2.69. The summed E-state index contributed by atoms with van der Waals surface area (Å²) in [7, 11) is 0. The van der Waals surface area contributed by atoms with E-state index in [4.69, 9.17) is 0 Å². The number of nitrogens with one attached hydrogen (secondary N) is 4. The van der Waals surface area contributed by atoms with Crippen molar-refractivity contribution in [1.82, 2.24) is 15.8 Å². The van der Waals surface area contributed by atoms with Crippen LogP contribution < -0.4 is 21.6 Å². The van der Waals surface area contributed by atoms with Crippen molar-refractivity contribution in [1.29, 1.82) is 0 Å². The first kappa shape index (κ1) is 13.5. The molecular weight excluding hydrogens is 268 g/mol. The Balaban J connectivity index is 1.78. The summed E-state index contributed by atoms with van der Waals surface area (Å²) in [6, 6.07) is 11.0. The fourth-order valence-corrected chi connectivity index (χ4v) is 2.46. The Morgan fingerprint density at radius 2 is 2.00 bits per heavy atom. The second kappa shape index (κ2) is 5.90. The van der Waals surface area contributed by atoms with Gasteiger partial charge in [-0.2, -0.15) is 0 Å². The van der Waals surface area contributed by atoms with E-state index in [2.05, 4.69) is 21.2 Å². The van der Waals surface area contributed by atoms with Crippen molar-refractivity contribution in [3.63, 3.8) is 0 Å². The van der Waals surface area contributed by atoms with Crippen LogP contribution in [0.1, 0.15) is 11.6 Å². The first-order chi connectivity index (χ1) is 10.3. The highest BCUT2D eigenvalue weighted by atomic mass is 16.2. The maximum atomic E-state index is 12.4. The summed E-state index contributed by atoms with van der Waals surface area (Å²) in [4.78, 5) is 26.9. The van der Waals surface area contributed by atoms with E-state index in [0.29, 0.717) is 6.54 Å². The third-order valence-electron chi connectivity index (χ3n) is 3.56. The van der Waals surface area contributed by atoms with Gasteiger partial charge in [-0.25, -0.2) is 5.43 Å². The molecule has 0 bridgehead atoms. The number of pyridine rings is 1. The molecule has 1 aromatic heterocycles. The van der Waals surface area contributed by atoms with Crippen LogP contribution >= 0.6 is 0 Å². The lowest BCUT2D eigenvalue weighted by atomic mass is 9.94. The molecule has 2 aromatic rings. The molecule has 2 unspecified atom stereocenters. The zero-order valence-corrected chi connectivity index (χ0v) is 11.3. The van der Waals surface area contributed by atoms with Crippen molar-refractivity contribution < 1.29 is 4.79 Å². The number of aromatic amines is 1. The Labute approximate surface area is 121 Å². The molecule has 1 aromatic carbocycles. The van der Waals surface area contributed by atoms with Crippen molar-refractivity contribution in [3.8, 4) is 0 Å². The number of hydrogen-bond donors (Lipinski definition) is 4. The highest BCUT2D eigenvalue weighted by molar-refractivity contribution is 5.93. The number of amides is 1. The van der Waals surface area contributed by atoms with Gasteiger partial charge in [-0.1, -0.05) is 30.3 Å². The van der Waals surface area contributed by atoms with Gasteiger partial charge in [-0.3, -0.25) is 15.0 Å². The molecule has 0 spiro atoms. The van der Waals surface area contributed by atoms with Gasteiger partial charge in [0.1, 0.15) is 5.69 Å². The van der Waals surface area contributed by atoms with E-state index < -0.39 is 0 Å². The number of carbonyl (C=O) groups excluding carboxylic acids is 1. The van der Waals surface area contributed by atoms with Crippen molar-refractivity contribution in [3.05, 3.63) is 64.6 Å². The lowest BCUT2D eigenvalue weighted by Crippen LogP contribution is -2.31. The Morgan fingerprint density at radius 3 is 2.76 bits per heavy atom. The zero-order valence-electron chi connectivity index (χ0n) is 11.3. The van der Waals surface area contributed by atoms with E-state index in [1.54, 1.807) is 0 Å². The van der Waals surface area contributed by atoms with Crippen LogP contribution in [0, 0.1) is 5.92 Å². The second-order valence-corrected chi connectivity index (χ2v) is 4.93. The number of carbonyl (C=O) groups is 1. The van der Waals surface area contributed by atoms with E-state index in [-0.39, 0.29) is 29.0 Å². The molecule has 21 heavy (non-hydrogen) atoms. The van der Waals surface area contributed by atoms with E-state index >= 15 is 0 Å². The Hall–Kier alpha value is -2.44. The quantitative estimate of drug-likeness (QED) is 0.671. The van der Waals surface area contributed by atoms with Crippen LogP contribution in [0.15, 0.2) is 53.6 Å². The number of anilines is 1. The van der Waals surface area contributed by atoms with Crippen molar-refractivity contribution >= 4 is 11.6 Å². The lowest BCUT2D eigenvalue weighted by Gasteiger charge is -2.18. The average molecular weight is 284 g/mol. The van der Waals surface area contributed by atoms with Crippen LogP contribution in [0.4, 0.5) is 5.69 Å². The average Bonchev–Trinajstić information content (AvgIpc) is 3.00. The summed E-state index contributed by atoms with van der Waals surface area (Å²) < 4.78 is 0. The van der Waals surface area contributed by atoms with Crippen LogP contribution in [-0.2, 0) is 4.79 Å². The molecule has 1 saturated heterocycles. The van der Waals surface area contributed by atoms with Crippen LogP contribution in [0.5, 0.6) is 0 Å². The Morgan fingerprint density at radius 1 is 1.19 bits per heavy atom. The molecule has 108 valence electrons. The third-order valence-corrected chi connectivity index (χ3v) is 3.56. The van der Waals surface area contributed by atoms with Gasteiger partial charge in [0.2, 0.25) is 11.3 Å². The van der Waals surface area contributed by atoms with Crippen LogP contribution in [0.2, 0.25) is 0 Å². The van der Waals surface area contributed by atoms with Crippen LogP contribution in [0.3, 0.4) is 0 Å². The SMILES string of the molecule is O=C(Nc1c[nH]ccc1=O)C1CNNC1c1ccccc1. The molecule has 0 aliphatic carbocycles. The van der Waals surface area contributed by atoms with Crippen molar-refractivity contribution in [2.24, 2.45) is 5.92 Å². The third kappa shape index (κ3) is 2.86. The Kier molecular flexibility index (Phi) is 3.81. The molecule has 0 radical (unpaired) electrons. The van der Waals surface area contributed by atoms with Crippen LogP contribution in [-0.4, -0.2) is 17.4 Å². The molecule has 1 fully saturated rings. The van der Waals surface area contributed by atoms with E-state index in [1.165, 1.54) is 18.5 Å². The normalized spacial score (nSPS) is 21.1. The molecule has 1 aliphatic heterocycles. The topological polar surface area (TPSA) is 86.0 Å². The van der Waals surface area contributed by atoms with Crippen molar-refractivity contribution in [2.45, 2.75) is 6.04 Å². The monoisotopic (exact) mass is 284 g/mol. The fourth-order valence-electron chi connectivity index (χ4n) is 2.46. The number of rotatable bonds is 3. The summed E-state index contributed by atoms with van der Waals surface area (Å²) in [5.41, 5.74) is 7.20. The van der Waals surface area contributed by atoms with Gasteiger partial charge >= 0.3 is 0 Å². The number of H-pyrrole nitrogens is 1. The van der Waals surface area contributed by atoms with E-state index in [9.17, 15) is 9.59 Å². The minimum Gasteiger partial charge on any atom is -0.366 e. The second-order valence-electron chi connectivity index (χ2n) is 4.93. The summed E-state index contributed by atoms with van der Waals surface area (Å²) in [6.07, 6.45) is 3.02. The van der Waals surface area contributed by atoms with Gasteiger partial charge < -0.3 is 10.3 Å². The minimum atomic E-state index is -0.285. The maximum Gasteiger partial charge on any atom is 0.230 e. The number of benzene rings is 1. The molecule has 6 nitrogen and oxygen atoms in total. The first-order valence-electron chi connectivity index (χ1n) is 6.77. The molecule has 4 N–H and O–H groups in total. The van der Waals surface area contributed by atoms with Gasteiger partial charge in [-0.05, 0) is 5.56 Å². The predicted molar refractivity (Wildman–Crippen MR) is 79.5 cm³/mol. The molecule has 1 aliphatic rings. The van der Waals surface area contributed by atoms with Gasteiger partial charge in [0.25, 0.3) is 0 Å². The van der Waals surface area contributed by atoms with Crippen molar-refractivity contribution in [2.75, 3.05) is 11.9 Å². The van der Waals surface area contributed by atoms with Gasteiger partial charge in [0.05, 0.1) is 12.0 Å². The number of hydrazine groups is 1. The summed E-state index contributed by atoms with van der Waals surface area (Å²) in [5.74, 6) is -0.468. The molecule has 3 rings (SSSR count). The highest BCUT2D eigenvalue weighted by Crippen LogP contribution is 2.25. The molecule has 2 atom stereocenters. The van der Waals surface area contributed by atoms with Gasteiger partial charge in [0, 0.05) is 25.0 Å². The van der Waals surface area contributed by atoms with Gasteiger partial charge in [0.15, 0.2) is 0 Å². The summed E-state index contributed by atoms with van der Waals surface area (Å²) in [6.45, 7) is 0.510. The number of hydrogen-bond acceptors (Lipinski definition) is 4. The van der Waals surface area contributed by atoms with E-state index in [0.717, 1.165) is 5.56 Å². The first-order valence-corrected chi connectivity index (χ1v) is 6.77. The molecular formula is C15H16N4O2. The molecule has 0 saturated carbocycles. The minimum absolute atomic E-state index is 0.117. The van der Waals surface area contributed by atoms with Gasteiger partial charge in [-0.15, -0.1) is 0 Å². The largest absolute Gasteiger partial charge is 0.366 e. The molecule has 6 heteroatoms. The predicted octanol–water partition coefficient (Wildman–Crippen LogP) is 0.779.